The van der Waals surface area contributed by atoms with Crippen LogP contribution in [0.15, 0.2) is 0 Å². The van der Waals surface area contributed by atoms with E-state index in [0.29, 0.717) is 5.41 Å². The molecule has 1 unspecified atom stereocenters. The normalized spacial score (nSPS) is 20.9. The Morgan fingerprint density at radius 1 is 1.40 bits per heavy atom. The second kappa shape index (κ2) is 4.12. The van der Waals surface area contributed by atoms with Gasteiger partial charge in [-0.25, -0.2) is 0 Å². The van der Waals surface area contributed by atoms with Crippen molar-refractivity contribution in [2.24, 2.45) is 5.41 Å². The van der Waals surface area contributed by atoms with Gasteiger partial charge in [-0.05, 0) is 46.0 Å². The molecule has 1 atom stereocenters. The second-order valence-electron chi connectivity index (χ2n) is 6.15. The summed E-state index contributed by atoms with van der Waals surface area (Å²) < 4.78 is 0. The van der Waals surface area contributed by atoms with Gasteiger partial charge in [-0.15, -0.1) is 0 Å². The van der Waals surface area contributed by atoms with Crippen LogP contribution in [0.4, 0.5) is 0 Å². The number of nitrogens with one attached hydrogen (secondary N) is 2. The largest absolute Gasteiger partial charge is 0.350 e. The van der Waals surface area contributed by atoms with Crippen molar-refractivity contribution < 1.29 is 4.79 Å². The lowest BCUT2D eigenvalue weighted by Gasteiger charge is -2.24. The van der Waals surface area contributed by atoms with Crippen LogP contribution in [0.25, 0.3) is 0 Å². The van der Waals surface area contributed by atoms with Crippen LogP contribution in [0.1, 0.15) is 47.5 Å². The summed E-state index contributed by atoms with van der Waals surface area (Å²) in [5, 5.41) is 6.27. The van der Waals surface area contributed by atoms with E-state index in [1.165, 1.54) is 12.8 Å². The Morgan fingerprint density at radius 3 is 2.33 bits per heavy atom. The Labute approximate surface area is 93.0 Å². The molecule has 88 valence electrons. The molecule has 1 rings (SSSR count). The number of carbonyl (C=O) groups excluding carboxylic acids is 1. The average Bonchev–Trinajstić information content (AvgIpc) is 2.77. The zero-order valence-corrected chi connectivity index (χ0v) is 10.6. The van der Waals surface area contributed by atoms with Gasteiger partial charge in [0.2, 0.25) is 5.91 Å². The fourth-order valence-electron chi connectivity index (χ4n) is 1.36. The minimum absolute atomic E-state index is 0.0896. The van der Waals surface area contributed by atoms with Gasteiger partial charge in [0.25, 0.3) is 0 Å². The number of hydrogen-bond donors (Lipinski definition) is 2. The van der Waals surface area contributed by atoms with Gasteiger partial charge in [-0.2, -0.15) is 0 Å². The van der Waals surface area contributed by atoms with Gasteiger partial charge in [0.1, 0.15) is 0 Å². The van der Waals surface area contributed by atoms with Crippen molar-refractivity contribution in [3.8, 4) is 0 Å². The zero-order chi connectivity index (χ0) is 11.7. The van der Waals surface area contributed by atoms with Crippen LogP contribution in [0, 0.1) is 5.41 Å². The standard InChI is InChI=1S/C12H24N2O/c1-9(10(15)14-11(2,3)4)13-8-12(5)6-7-12/h9,13H,6-8H2,1-5H3,(H,14,15). The quantitative estimate of drug-likeness (QED) is 0.744. The number of amides is 1. The predicted octanol–water partition coefficient (Wildman–Crippen LogP) is 1.68. The van der Waals surface area contributed by atoms with Crippen molar-refractivity contribution in [2.45, 2.75) is 59.0 Å². The fraction of sp³-hybridized carbons (Fsp3) is 0.917. The first kappa shape index (κ1) is 12.5. The molecule has 0 bridgehead atoms. The molecular weight excluding hydrogens is 188 g/mol. The van der Waals surface area contributed by atoms with Crippen molar-refractivity contribution in [3.63, 3.8) is 0 Å². The van der Waals surface area contributed by atoms with Crippen molar-refractivity contribution >= 4 is 5.91 Å². The van der Waals surface area contributed by atoms with E-state index in [0.717, 1.165) is 6.54 Å². The molecule has 1 aliphatic carbocycles. The Morgan fingerprint density at radius 2 is 1.93 bits per heavy atom. The van der Waals surface area contributed by atoms with Crippen LogP contribution >= 0.6 is 0 Å². The molecule has 0 spiro atoms. The highest BCUT2D eigenvalue weighted by molar-refractivity contribution is 5.81. The van der Waals surface area contributed by atoms with E-state index in [4.69, 9.17) is 0 Å². The number of rotatable bonds is 4. The van der Waals surface area contributed by atoms with E-state index in [2.05, 4.69) is 17.6 Å². The minimum atomic E-state index is -0.142. The van der Waals surface area contributed by atoms with Crippen LogP contribution in [0.3, 0.4) is 0 Å². The molecule has 3 nitrogen and oxygen atoms in total. The lowest BCUT2D eigenvalue weighted by atomic mass is 10.1. The van der Waals surface area contributed by atoms with Crippen molar-refractivity contribution in [1.82, 2.24) is 10.6 Å². The molecule has 0 heterocycles. The monoisotopic (exact) mass is 212 g/mol. The third kappa shape index (κ3) is 4.65. The summed E-state index contributed by atoms with van der Waals surface area (Å²) in [7, 11) is 0. The van der Waals surface area contributed by atoms with Crippen molar-refractivity contribution in [2.75, 3.05) is 6.54 Å². The highest BCUT2D eigenvalue weighted by atomic mass is 16.2. The van der Waals surface area contributed by atoms with Gasteiger partial charge >= 0.3 is 0 Å². The van der Waals surface area contributed by atoms with E-state index >= 15 is 0 Å². The van der Waals surface area contributed by atoms with Gasteiger partial charge in [0.05, 0.1) is 6.04 Å². The molecule has 2 N–H and O–H groups in total. The lowest BCUT2D eigenvalue weighted by molar-refractivity contribution is -0.124. The fourth-order valence-corrected chi connectivity index (χ4v) is 1.36. The number of hydrogen-bond acceptors (Lipinski definition) is 2. The molecule has 0 aromatic heterocycles. The Hall–Kier alpha value is -0.570. The van der Waals surface area contributed by atoms with Crippen LogP contribution in [-0.2, 0) is 4.79 Å². The molecule has 1 amide bonds. The number of carbonyl (C=O) groups is 1. The SMILES string of the molecule is CC(NCC1(C)CC1)C(=O)NC(C)(C)C. The first-order chi connectivity index (χ1) is 6.72. The summed E-state index contributed by atoms with van der Waals surface area (Å²) >= 11 is 0. The Kier molecular flexibility index (Phi) is 3.44. The summed E-state index contributed by atoms with van der Waals surface area (Å²) in [6.07, 6.45) is 2.57. The highest BCUT2D eigenvalue weighted by Gasteiger charge is 2.37. The zero-order valence-electron chi connectivity index (χ0n) is 10.6. The molecule has 1 aliphatic rings. The smallest absolute Gasteiger partial charge is 0.237 e. The van der Waals surface area contributed by atoms with Gasteiger partial charge in [-0.1, -0.05) is 6.92 Å². The molecule has 1 fully saturated rings. The van der Waals surface area contributed by atoms with E-state index in [1.54, 1.807) is 0 Å². The van der Waals surface area contributed by atoms with Gasteiger partial charge in [0.15, 0.2) is 0 Å². The van der Waals surface area contributed by atoms with E-state index < -0.39 is 0 Å². The molecule has 3 heteroatoms. The van der Waals surface area contributed by atoms with E-state index in [9.17, 15) is 4.79 Å². The summed E-state index contributed by atoms with van der Waals surface area (Å²) in [5.41, 5.74) is 0.312. The summed E-state index contributed by atoms with van der Waals surface area (Å²) in [6, 6.07) is -0.0957. The van der Waals surface area contributed by atoms with Crippen LogP contribution in [0.2, 0.25) is 0 Å². The molecule has 0 radical (unpaired) electrons. The lowest BCUT2D eigenvalue weighted by Crippen LogP contribution is -2.50. The van der Waals surface area contributed by atoms with Gasteiger partial charge < -0.3 is 10.6 Å². The molecule has 0 saturated heterocycles. The first-order valence-electron chi connectivity index (χ1n) is 5.77. The maximum atomic E-state index is 11.7. The van der Waals surface area contributed by atoms with E-state index in [1.807, 2.05) is 27.7 Å². The average molecular weight is 212 g/mol. The topological polar surface area (TPSA) is 41.1 Å². The maximum absolute atomic E-state index is 11.7. The molecular formula is C12H24N2O. The first-order valence-corrected chi connectivity index (χ1v) is 5.77. The van der Waals surface area contributed by atoms with Crippen LogP contribution in [-0.4, -0.2) is 24.0 Å². The Bertz CT molecular complexity index is 238. The van der Waals surface area contributed by atoms with Crippen LogP contribution < -0.4 is 10.6 Å². The molecule has 1 saturated carbocycles. The minimum Gasteiger partial charge on any atom is -0.350 e. The van der Waals surface area contributed by atoms with Crippen LogP contribution in [0.5, 0.6) is 0 Å². The maximum Gasteiger partial charge on any atom is 0.237 e. The second-order valence-corrected chi connectivity index (χ2v) is 6.15. The highest BCUT2D eigenvalue weighted by Crippen LogP contribution is 2.44. The summed E-state index contributed by atoms with van der Waals surface area (Å²) in [4.78, 5) is 11.7. The van der Waals surface area contributed by atoms with Gasteiger partial charge in [-0.3, -0.25) is 4.79 Å². The third-order valence-electron chi connectivity index (χ3n) is 2.83. The van der Waals surface area contributed by atoms with E-state index in [-0.39, 0.29) is 17.5 Å². The molecule has 0 aliphatic heterocycles. The molecule has 15 heavy (non-hydrogen) atoms. The molecule has 0 aromatic carbocycles. The third-order valence-corrected chi connectivity index (χ3v) is 2.83. The predicted molar refractivity (Wildman–Crippen MR) is 62.7 cm³/mol. The molecule has 0 aromatic rings. The van der Waals surface area contributed by atoms with Gasteiger partial charge in [0, 0.05) is 12.1 Å². The summed E-state index contributed by atoms with van der Waals surface area (Å²) in [6.45, 7) is 11.1. The van der Waals surface area contributed by atoms with Crippen molar-refractivity contribution in [3.05, 3.63) is 0 Å². The summed E-state index contributed by atoms with van der Waals surface area (Å²) in [5.74, 6) is 0.0896. The van der Waals surface area contributed by atoms with Crippen molar-refractivity contribution in [1.29, 1.82) is 0 Å². The Balaban J connectivity index is 2.27.